The number of hydrogen-bond donors (Lipinski definition) is 1. The second-order valence-corrected chi connectivity index (χ2v) is 8.28. The molecule has 1 aliphatic heterocycles. The summed E-state index contributed by atoms with van der Waals surface area (Å²) in [5, 5.41) is 5.18. The molecule has 0 aromatic heterocycles. The average Bonchev–Trinajstić information content (AvgIpc) is 2.13. The van der Waals surface area contributed by atoms with E-state index >= 15 is 0 Å². The van der Waals surface area contributed by atoms with Crippen LogP contribution >= 0.6 is 11.8 Å². The van der Waals surface area contributed by atoms with Crippen LogP contribution in [-0.4, -0.2) is 47.1 Å². The minimum atomic E-state index is 0.269. The summed E-state index contributed by atoms with van der Waals surface area (Å²) in [6.45, 7) is 16.4. The van der Waals surface area contributed by atoms with E-state index in [4.69, 9.17) is 0 Å². The van der Waals surface area contributed by atoms with Crippen LogP contribution in [0.25, 0.3) is 0 Å². The van der Waals surface area contributed by atoms with Crippen LogP contribution in [-0.2, 0) is 0 Å². The van der Waals surface area contributed by atoms with Gasteiger partial charge in [-0.25, -0.2) is 0 Å². The van der Waals surface area contributed by atoms with Crippen molar-refractivity contribution in [2.45, 2.75) is 63.5 Å². The van der Waals surface area contributed by atoms with Gasteiger partial charge in [0.1, 0.15) is 0 Å². The van der Waals surface area contributed by atoms with E-state index in [1.165, 1.54) is 32.5 Å². The molecule has 1 heterocycles. The van der Waals surface area contributed by atoms with Gasteiger partial charge in [0, 0.05) is 29.1 Å². The summed E-state index contributed by atoms with van der Waals surface area (Å²) in [6.07, 6.45) is 2.62. The van der Waals surface area contributed by atoms with Crippen molar-refractivity contribution in [2.75, 3.05) is 26.2 Å². The van der Waals surface area contributed by atoms with Crippen molar-refractivity contribution >= 4 is 11.8 Å². The Labute approximate surface area is 112 Å². The summed E-state index contributed by atoms with van der Waals surface area (Å²) in [5.41, 5.74) is 0.269. The van der Waals surface area contributed by atoms with E-state index in [1.54, 1.807) is 0 Å². The highest BCUT2D eigenvalue weighted by Gasteiger charge is 2.21. The smallest absolute Gasteiger partial charge is 0.0149 e. The summed E-state index contributed by atoms with van der Waals surface area (Å²) in [7, 11) is 0. The normalized spacial score (nSPS) is 27.4. The van der Waals surface area contributed by atoms with Crippen molar-refractivity contribution in [2.24, 2.45) is 0 Å². The highest BCUT2D eigenvalue weighted by Crippen LogP contribution is 2.24. The third kappa shape index (κ3) is 7.32. The number of thioether (sulfide) groups is 1. The first-order valence-corrected chi connectivity index (χ1v) is 7.94. The van der Waals surface area contributed by atoms with Crippen LogP contribution in [0.1, 0.15) is 47.5 Å². The molecule has 2 nitrogen and oxygen atoms in total. The Kier molecular flexibility index (Phi) is 6.32. The van der Waals surface area contributed by atoms with Gasteiger partial charge in [0.2, 0.25) is 0 Å². The number of unbranched alkanes of at least 4 members (excludes halogenated alkanes) is 1. The van der Waals surface area contributed by atoms with Gasteiger partial charge in [0.25, 0.3) is 0 Å². The molecule has 0 amide bonds. The highest BCUT2D eigenvalue weighted by atomic mass is 32.2. The van der Waals surface area contributed by atoms with Crippen LogP contribution in [0.15, 0.2) is 0 Å². The number of rotatable bonds is 5. The van der Waals surface area contributed by atoms with Crippen LogP contribution in [0.2, 0.25) is 0 Å². The SMILES string of the molecule is CC1CN(CCCCNC(C)(C)C)CC(C)S1. The van der Waals surface area contributed by atoms with Gasteiger partial charge in [-0.2, -0.15) is 11.8 Å². The van der Waals surface area contributed by atoms with Crippen LogP contribution in [0, 0.1) is 0 Å². The highest BCUT2D eigenvalue weighted by molar-refractivity contribution is 8.00. The fourth-order valence-corrected chi connectivity index (χ4v) is 3.78. The Hall–Kier alpha value is 0.270. The lowest BCUT2D eigenvalue weighted by Gasteiger charge is -2.34. The van der Waals surface area contributed by atoms with Crippen LogP contribution < -0.4 is 5.32 Å². The van der Waals surface area contributed by atoms with E-state index in [9.17, 15) is 0 Å². The molecule has 0 saturated carbocycles. The average molecular weight is 258 g/mol. The van der Waals surface area contributed by atoms with E-state index in [0.29, 0.717) is 0 Å². The Morgan fingerprint density at radius 2 is 1.71 bits per heavy atom. The summed E-state index contributed by atoms with van der Waals surface area (Å²) in [6, 6.07) is 0. The third-order valence-electron chi connectivity index (χ3n) is 3.05. The standard InChI is InChI=1S/C14H30N2S/c1-12-10-16(11-13(2)17-12)9-7-6-8-15-14(3,4)5/h12-13,15H,6-11H2,1-5H3. The molecule has 3 heteroatoms. The van der Waals surface area contributed by atoms with Gasteiger partial charge in [0.05, 0.1) is 0 Å². The molecule has 1 fully saturated rings. The largest absolute Gasteiger partial charge is 0.312 e. The van der Waals surface area contributed by atoms with E-state index in [1.807, 2.05) is 0 Å². The van der Waals surface area contributed by atoms with Gasteiger partial charge < -0.3 is 10.2 Å². The molecular formula is C14H30N2S. The zero-order chi connectivity index (χ0) is 12.9. The maximum Gasteiger partial charge on any atom is 0.0149 e. The maximum atomic E-state index is 3.55. The predicted molar refractivity (Wildman–Crippen MR) is 79.9 cm³/mol. The molecule has 0 aliphatic carbocycles. The lowest BCUT2D eigenvalue weighted by atomic mass is 10.1. The third-order valence-corrected chi connectivity index (χ3v) is 4.28. The van der Waals surface area contributed by atoms with Crippen molar-refractivity contribution < 1.29 is 0 Å². The van der Waals surface area contributed by atoms with Gasteiger partial charge in [-0.15, -0.1) is 0 Å². The molecular weight excluding hydrogens is 228 g/mol. The molecule has 2 atom stereocenters. The van der Waals surface area contributed by atoms with Crippen molar-refractivity contribution in [3.8, 4) is 0 Å². The molecule has 0 aromatic carbocycles. The second-order valence-electron chi connectivity index (χ2n) is 6.40. The van der Waals surface area contributed by atoms with Gasteiger partial charge in [-0.05, 0) is 46.7 Å². The predicted octanol–water partition coefficient (Wildman–Crippen LogP) is 2.98. The Bertz CT molecular complexity index is 203. The summed E-state index contributed by atoms with van der Waals surface area (Å²) in [5.74, 6) is 0. The van der Waals surface area contributed by atoms with E-state index < -0.39 is 0 Å². The summed E-state index contributed by atoms with van der Waals surface area (Å²) in [4.78, 5) is 2.64. The first-order valence-electron chi connectivity index (χ1n) is 6.99. The molecule has 1 saturated heterocycles. The topological polar surface area (TPSA) is 15.3 Å². The Morgan fingerprint density at radius 1 is 1.12 bits per heavy atom. The van der Waals surface area contributed by atoms with E-state index in [-0.39, 0.29) is 5.54 Å². The lowest BCUT2D eigenvalue weighted by molar-refractivity contribution is 0.263. The van der Waals surface area contributed by atoms with Crippen molar-refractivity contribution in [3.05, 3.63) is 0 Å². The van der Waals surface area contributed by atoms with E-state index in [0.717, 1.165) is 17.0 Å². The molecule has 2 unspecified atom stereocenters. The number of hydrogen-bond acceptors (Lipinski definition) is 3. The van der Waals surface area contributed by atoms with Crippen molar-refractivity contribution in [1.29, 1.82) is 0 Å². The summed E-state index contributed by atoms with van der Waals surface area (Å²) >= 11 is 2.14. The zero-order valence-corrected chi connectivity index (χ0v) is 13.1. The molecule has 17 heavy (non-hydrogen) atoms. The molecule has 0 spiro atoms. The minimum Gasteiger partial charge on any atom is -0.312 e. The monoisotopic (exact) mass is 258 g/mol. The fourth-order valence-electron chi connectivity index (χ4n) is 2.39. The summed E-state index contributed by atoms with van der Waals surface area (Å²) < 4.78 is 0. The van der Waals surface area contributed by atoms with Crippen molar-refractivity contribution in [1.82, 2.24) is 10.2 Å². The molecule has 1 rings (SSSR count). The number of nitrogens with one attached hydrogen (secondary N) is 1. The number of nitrogens with zero attached hydrogens (tertiary/aromatic N) is 1. The lowest BCUT2D eigenvalue weighted by Crippen LogP contribution is -2.41. The van der Waals surface area contributed by atoms with Gasteiger partial charge in [0.15, 0.2) is 0 Å². The molecule has 102 valence electrons. The van der Waals surface area contributed by atoms with Gasteiger partial charge in [-0.3, -0.25) is 0 Å². The minimum absolute atomic E-state index is 0.269. The van der Waals surface area contributed by atoms with Crippen LogP contribution in [0.3, 0.4) is 0 Å². The first-order chi connectivity index (χ1) is 7.87. The van der Waals surface area contributed by atoms with Crippen LogP contribution in [0.4, 0.5) is 0 Å². The molecule has 0 radical (unpaired) electrons. The zero-order valence-electron chi connectivity index (χ0n) is 12.3. The van der Waals surface area contributed by atoms with Crippen molar-refractivity contribution in [3.63, 3.8) is 0 Å². The van der Waals surface area contributed by atoms with Crippen LogP contribution in [0.5, 0.6) is 0 Å². The van der Waals surface area contributed by atoms with Gasteiger partial charge in [-0.1, -0.05) is 13.8 Å². The first kappa shape index (κ1) is 15.3. The fraction of sp³-hybridized carbons (Fsp3) is 1.00. The van der Waals surface area contributed by atoms with E-state index in [2.05, 4.69) is 56.6 Å². The molecule has 0 bridgehead atoms. The second kappa shape index (κ2) is 7.01. The Morgan fingerprint density at radius 3 is 2.24 bits per heavy atom. The van der Waals surface area contributed by atoms with Gasteiger partial charge >= 0.3 is 0 Å². The Balaban J connectivity index is 2.06. The maximum absolute atomic E-state index is 3.55. The quantitative estimate of drug-likeness (QED) is 0.763. The molecule has 1 N–H and O–H groups in total. The molecule has 0 aromatic rings. The molecule has 1 aliphatic rings.